The van der Waals surface area contributed by atoms with Crippen molar-refractivity contribution in [1.82, 2.24) is 25.3 Å². The quantitative estimate of drug-likeness (QED) is 0.807. The zero-order chi connectivity index (χ0) is 16.2. The number of carbonyl (C=O) groups excluding carboxylic acids is 1. The molecule has 1 aromatic rings. The van der Waals surface area contributed by atoms with Gasteiger partial charge >= 0.3 is 6.03 Å². The van der Waals surface area contributed by atoms with E-state index in [4.69, 9.17) is 9.47 Å². The Morgan fingerprint density at radius 2 is 2.30 bits per heavy atom. The number of ether oxygens (including phenoxy) is 2. The van der Waals surface area contributed by atoms with Crippen LogP contribution in [0, 0.1) is 0 Å². The topological polar surface area (TPSA) is 80.7 Å². The number of likely N-dealkylation sites (N-methyl/N-ethyl adjacent to an activating group) is 1. The number of aromatic nitrogens is 2. The van der Waals surface area contributed by atoms with Crippen LogP contribution in [-0.4, -0.2) is 72.8 Å². The Morgan fingerprint density at radius 3 is 3.00 bits per heavy atom. The van der Waals surface area contributed by atoms with E-state index in [0.29, 0.717) is 26.4 Å². The van der Waals surface area contributed by atoms with Gasteiger partial charge in [0.25, 0.3) is 0 Å². The van der Waals surface area contributed by atoms with E-state index in [0.717, 1.165) is 18.5 Å². The first kappa shape index (κ1) is 16.2. The zero-order valence-electron chi connectivity index (χ0n) is 13.7. The van der Waals surface area contributed by atoms with Crippen LogP contribution < -0.4 is 10.6 Å². The number of nitrogens with zero attached hydrogens (tertiary/aromatic N) is 3. The van der Waals surface area contributed by atoms with Gasteiger partial charge in [-0.25, -0.2) is 4.79 Å². The van der Waals surface area contributed by atoms with Gasteiger partial charge in [-0.1, -0.05) is 0 Å². The van der Waals surface area contributed by atoms with Gasteiger partial charge in [0.05, 0.1) is 37.6 Å². The maximum absolute atomic E-state index is 12.0. The monoisotopic (exact) mass is 323 g/mol. The number of amides is 2. The lowest BCUT2D eigenvalue weighted by Crippen LogP contribution is -2.50. The molecule has 0 aliphatic carbocycles. The molecule has 2 aliphatic heterocycles. The van der Waals surface area contributed by atoms with E-state index in [-0.39, 0.29) is 24.2 Å². The molecule has 0 saturated carbocycles. The molecule has 0 bridgehead atoms. The van der Waals surface area contributed by atoms with Crippen LogP contribution in [0.2, 0.25) is 0 Å². The largest absolute Gasteiger partial charge is 0.379 e. The summed E-state index contributed by atoms with van der Waals surface area (Å²) in [5, 5.41) is 10.1. The summed E-state index contributed by atoms with van der Waals surface area (Å²) in [6, 6.07) is 0.0360. The highest BCUT2D eigenvalue weighted by Gasteiger charge is 2.32. The molecule has 2 aliphatic rings. The lowest BCUT2D eigenvalue weighted by atomic mass is 10.0. The van der Waals surface area contributed by atoms with E-state index < -0.39 is 0 Å². The molecule has 2 saturated heterocycles. The Kier molecular flexibility index (Phi) is 5.14. The van der Waals surface area contributed by atoms with Gasteiger partial charge in [0, 0.05) is 38.5 Å². The fraction of sp³-hybridized carbons (Fsp3) is 0.733. The highest BCUT2D eigenvalue weighted by Crippen LogP contribution is 2.27. The van der Waals surface area contributed by atoms with Crippen LogP contribution in [0.25, 0.3) is 0 Å². The Bertz CT molecular complexity index is 529. The SMILES string of the molecule is CN1CCO[C@@H](CNC(=O)N[C@@H]2CCOC2)[C@@H]1c1cnn(C)c1. The first-order valence-corrected chi connectivity index (χ1v) is 8.06. The maximum atomic E-state index is 12.0. The maximum Gasteiger partial charge on any atom is 0.315 e. The van der Waals surface area contributed by atoms with Crippen molar-refractivity contribution < 1.29 is 14.3 Å². The molecule has 3 heterocycles. The molecular formula is C15H25N5O3. The number of rotatable bonds is 4. The van der Waals surface area contributed by atoms with Crippen molar-refractivity contribution in [3.05, 3.63) is 18.0 Å². The van der Waals surface area contributed by atoms with Gasteiger partial charge in [-0.05, 0) is 13.5 Å². The normalized spacial score (nSPS) is 28.7. The molecule has 128 valence electrons. The molecule has 0 aromatic carbocycles. The lowest BCUT2D eigenvalue weighted by Gasteiger charge is -2.38. The molecule has 8 heteroatoms. The molecule has 3 rings (SSSR count). The summed E-state index contributed by atoms with van der Waals surface area (Å²) in [4.78, 5) is 14.3. The van der Waals surface area contributed by atoms with E-state index in [1.807, 2.05) is 19.4 Å². The van der Waals surface area contributed by atoms with E-state index >= 15 is 0 Å². The summed E-state index contributed by atoms with van der Waals surface area (Å²) >= 11 is 0. The van der Waals surface area contributed by atoms with Gasteiger partial charge in [0.1, 0.15) is 0 Å². The van der Waals surface area contributed by atoms with Crippen molar-refractivity contribution in [1.29, 1.82) is 0 Å². The average Bonchev–Trinajstić information content (AvgIpc) is 3.17. The summed E-state index contributed by atoms with van der Waals surface area (Å²) in [5.41, 5.74) is 1.10. The van der Waals surface area contributed by atoms with Crippen LogP contribution in [0.3, 0.4) is 0 Å². The number of morpholine rings is 1. The number of hydrogen-bond donors (Lipinski definition) is 2. The number of aryl methyl sites for hydroxylation is 1. The van der Waals surface area contributed by atoms with Gasteiger partial charge in [0.2, 0.25) is 0 Å². The second-order valence-corrected chi connectivity index (χ2v) is 6.20. The van der Waals surface area contributed by atoms with E-state index in [9.17, 15) is 4.79 Å². The number of hydrogen-bond acceptors (Lipinski definition) is 5. The minimum atomic E-state index is -0.165. The molecule has 1 aromatic heterocycles. The summed E-state index contributed by atoms with van der Waals surface area (Å²) in [6.45, 7) is 3.29. The molecule has 0 unspecified atom stereocenters. The second-order valence-electron chi connectivity index (χ2n) is 6.20. The van der Waals surface area contributed by atoms with Gasteiger partial charge in [-0.3, -0.25) is 9.58 Å². The van der Waals surface area contributed by atoms with Crippen LogP contribution in [-0.2, 0) is 16.5 Å². The molecule has 3 atom stereocenters. The minimum Gasteiger partial charge on any atom is -0.379 e. The number of nitrogens with one attached hydrogen (secondary N) is 2. The molecular weight excluding hydrogens is 298 g/mol. The minimum absolute atomic E-state index is 0.0903. The van der Waals surface area contributed by atoms with Crippen molar-refractivity contribution in [3.63, 3.8) is 0 Å². The molecule has 8 nitrogen and oxygen atoms in total. The number of urea groups is 1. The molecule has 0 spiro atoms. The molecule has 2 N–H and O–H groups in total. The molecule has 0 radical (unpaired) electrons. The van der Waals surface area contributed by atoms with Crippen molar-refractivity contribution in [2.24, 2.45) is 7.05 Å². The smallest absolute Gasteiger partial charge is 0.315 e. The third kappa shape index (κ3) is 4.01. The predicted octanol–water partition coefficient (Wildman–Crippen LogP) is -0.120. The Hall–Kier alpha value is -1.64. The predicted molar refractivity (Wildman–Crippen MR) is 84.1 cm³/mol. The summed E-state index contributed by atoms with van der Waals surface area (Å²) in [6.07, 6.45) is 4.63. The standard InChI is InChI=1S/C15H25N5O3/c1-19-4-6-23-13(14(19)11-7-17-20(2)9-11)8-16-15(21)18-12-3-5-22-10-12/h7,9,12-14H,3-6,8,10H2,1-2H3,(H2,16,18,21)/t12-,13+,14+/m1/s1. The fourth-order valence-corrected chi connectivity index (χ4v) is 3.17. The van der Waals surface area contributed by atoms with Crippen molar-refractivity contribution in [2.75, 3.05) is 40.0 Å². The third-order valence-corrected chi connectivity index (χ3v) is 4.40. The highest BCUT2D eigenvalue weighted by atomic mass is 16.5. The van der Waals surface area contributed by atoms with E-state index in [2.05, 4.69) is 27.7 Å². The van der Waals surface area contributed by atoms with E-state index in [1.54, 1.807) is 4.68 Å². The van der Waals surface area contributed by atoms with Crippen LogP contribution in [0.4, 0.5) is 4.79 Å². The molecule has 2 amide bonds. The van der Waals surface area contributed by atoms with Gasteiger partial charge in [-0.2, -0.15) is 5.10 Å². The van der Waals surface area contributed by atoms with Crippen LogP contribution in [0.15, 0.2) is 12.4 Å². The summed E-state index contributed by atoms with van der Waals surface area (Å²) in [7, 11) is 3.97. The first-order chi connectivity index (χ1) is 11.1. The van der Waals surface area contributed by atoms with Crippen molar-refractivity contribution in [2.45, 2.75) is 24.6 Å². The first-order valence-electron chi connectivity index (χ1n) is 8.06. The van der Waals surface area contributed by atoms with Crippen LogP contribution in [0.5, 0.6) is 0 Å². The van der Waals surface area contributed by atoms with E-state index in [1.165, 1.54) is 0 Å². The van der Waals surface area contributed by atoms with Crippen LogP contribution >= 0.6 is 0 Å². The Labute approximate surface area is 136 Å². The highest BCUT2D eigenvalue weighted by molar-refractivity contribution is 5.74. The number of carbonyl (C=O) groups is 1. The lowest BCUT2D eigenvalue weighted by molar-refractivity contribution is -0.0602. The molecule has 2 fully saturated rings. The Morgan fingerprint density at radius 1 is 1.43 bits per heavy atom. The van der Waals surface area contributed by atoms with Gasteiger partial charge in [-0.15, -0.1) is 0 Å². The van der Waals surface area contributed by atoms with Gasteiger partial charge in [0.15, 0.2) is 0 Å². The van der Waals surface area contributed by atoms with Gasteiger partial charge < -0.3 is 20.1 Å². The fourth-order valence-electron chi connectivity index (χ4n) is 3.17. The Balaban J connectivity index is 1.56. The van der Waals surface area contributed by atoms with Crippen LogP contribution in [0.1, 0.15) is 18.0 Å². The summed E-state index contributed by atoms with van der Waals surface area (Å²) < 4.78 is 12.9. The van der Waals surface area contributed by atoms with Crippen molar-refractivity contribution >= 4 is 6.03 Å². The summed E-state index contributed by atoms with van der Waals surface area (Å²) in [5.74, 6) is 0. The average molecular weight is 323 g/mol. The molecule has 23 heavy (non-hydrogen) atoms. The third-order valence-electron chi connectivity index (χ3n) is 4.40. The second kappa shape index (κ2) is 7.29. The zero-order valence-corrected chi connectivity index (χ0v) is 13.7. The van der Waals surface area contributed by atoms with Crippen molar-refractivity contribution in [3.8, 4) is 0 Å².